The molecule has 5 nitrogen and oxygen atoms in total. The quantitative estimate of drug-likeness (QED) is 0.346. The molecule has 30 heavy (non-hydrogen) atoms. The molecular formula is C23H16BrFN2O3. The first-order valence-corrected chi connectivity index (χ1v) is 9.93. The number of ketones is 1. The van der Waals surface area contributed by atoms with Crippen LogP contribution in [0.3, 0.4) is 0 Å². The van der Waals surface area contributed by atoms with E-state index in [2.05, 4.69) is 20.9 Å². The molecule has 1 saturated heterocycles. The molecule has 4 rings (SSSR count). The van der Waals surface area contributed by atoms with Crippen LogP contribution < -0.4 is 0 Å². The van der Waals surface area contributed by atoms with Crippen molar-refractivity contribution in [2.24, 2.45) is 0 Å². The Hall–Kier alpha value is -3.32. The lowest BCUT2D eigenvalue weighted by Gasteiger charge is -2.25. The molecule has 1 amide bonds. The molecule has 0 bridgehead atoms. The zero-order valence-electron chi connectivity index (χ0n) is 15.6. The molecular weight excluding hydrogens is 451 g/mol. The molecule has 1 aromatic heterocycles. The summed E-state index contributed by atoms with van der Waals surface area (Å²) in [6.07, 6.45) is 3.25. The summed E-state index contributed by atoms with van der Waals surface area (Å²) in [6.45, 7) is 0.149. The van der Waals surface area contributed by atoms with E-state index in [1.54, 1.807) is 36.7 Å². The number of benzene rings is 2. The number of aliphatic hydroxyl groups is 1. The van der Waals surface area contributed by atoms with Gasteiger partial charge in [0.25, 0.3) is 11.7 Å². The molecule has 150 valence electrons. The number of nitrogens with zero attached hydrogens (tertiary/aromatic N) is 2. The lowest BCUT2D eigenvalue weighted by Crippen LogP contribution is -2.29. The summed E-state index contributed by atoms with van der Waals surface area (Å²) in [5.41, 5.74) is 1.64. The topological polar surface area (TPSA) is 70.5 Å². The highest BCUT2D eigenvalue weighted by Crippen LogP contribution is 2.40. The monoisotopic (exact) mass is 466 g/mol. The van der Waals surface area contributed by atoms with E-state index in [9.17, 15) is 19.1 Å². The van der Waals surface area contributed by atoms with Crippen molar-refractivity contribution in [3.8, 4) is 0 Å². The highest BCUT2D eigenvalue weighted by atomic mass is 79.9. The third kappa shape index (κ3) is 3.76. The average Bonchev–Trinajstić information content (AvgIpc) is 2.99. The number of pyridine rings is 1. The lowest BCUT2D eigenvalue weighted by molar-refractivity contribution is -0.140. The van der Waals surface area contributed by atoms with E-state index in [0.717, 1.165) is 10.0 Å². The smallest absolute Gasteiger partial charge is 0.295 e. The Morgan fingerprint density at radius 2 is 1.87 bits per heavy atom. The van der Waals surface area contributed by atoms with Gasteiger partial charge in [-0.05, 0) is 53.6 Å². The maximum atomic E-state index is 13.3. The van der Waals surface area contributed by atoms with E-state index < -0.39 is 23.5 Å². The van der Waals surface area contributed by atoms with Crippen molar-refractivity contribution in [2.75, 3.05) is 0 Å². The molecule has 0 saturated carbocycles. The molecule has 1 unspecified atom stereocenters. The van der Waals surface area contributed by atoms with Gasteiger partial charge in [-0.3, -0.25) is 14.6 Å². The highest BCUT2D eigenvalue weighted by molar-refractivity contribution is 9.10. The largest absolute Gasteiger partial charge is 0.507 e. The first-order chi connectivity index (χ1) is 14.5. The van der Waals surface area contributed by atoms with Crippen molar-refractivity contribution in [1.29, 1.82) is 0 Å². The molecule has 3 aromatic rings. The van der Waals surface area contributed by atoms with Crippen LogP contribution >= 0.6 is 15.9 Å². The van der Waals surface area contributed by atoms with Crippen LogP contribution in [0.5, 0.6) is 0 Å². The summed E-state index contributed by atoms with van der Waals surface area (Å²) in [5.74, 6) is -2.31. The van der Waals surface area contributed by atoms with Crippen LogP contribution in [0, 0.1) is 5.82 Å². The molecule has 1 aliphatic rings. The van der Waals surface area contributed by atoms with E-state index in [1.165, 1.54) is 29.2 Å². The van der Waals surface area contributed by atoms with Crippen molar-refractivity contribution < 1.29 is 19.1 Å². The van der Waals surface area contributed by atoms with Crippen LogP contribution in [-0.4, -0.2) is 26.7 Å². The van der Waals surface area contributed by atoms with Gasteiger partial charge in [-0.25, -0.2) is 4.39 Å². The molecule has 2 aromatic carbocycles. The zero-order valence-corrected chi connectivity index (χ0v) is 17.2. The van der Waals surface area contributed by atoms with Crippen LogP contribution in [0.2, 0.25) is 0 Å². The number of carbonyl (C=O) groups is 2. The zero-order chi connectivity index (χ0) is 21.3. The number of rotatable bonds is 4. The number of Topliss-reactive ketones (excluding diaryl/α,β-unsaturated/α-hetero) is 1. The number of aromatic nitrogens is 1. The SMILES string of the molecule is O=C1C(=O)N(Cc2cccnc2)C(c2cccc(Br)c2)/C1=C(/O)c1ccc(F)cc1. The van der Waals surface area contributed by atoms with E-state index in [-0.39, 0.29) is 23.4 Å². The van der Waals surface area contributed by atoms with Crippen molar-refractivity contribution in [3.63, 3.8) is 0 Å². The summed E-state index contributed by atoms with van der Waals surface area (Å²) in [5, 5.41) is 10.9. The predicted molar refractivity (Wildman–Crippen MR) is 113 cm³/mol. The van der Waals surface area contributed by atoms with Crippen molar-refractivity contribution in [2.45, 2.75) is 12.6 Å². The molecule has 1 aliphatic heterocycles. The van der Waals surface area contributed by atoms with E-state index >= 15 is 0 Å². The number of carbonyl (C=O) groups excluding carboxylic acids is 2. The number of likely N-dealkylation sites (tertiary alicyclic amines) is 1. The molecule has 1 N–H and O–H groups in total. The van der Waals surface area contributed by atoms with Crippen LogP contribution in [0.15, 0.2) is 83.1 Å². The van der Waals surface area contributed by atoms with Crippen molar-refractivity contribution >= 4 is 33.4 Å². The fourth-order valence-electron chi connectivity index (χ4n) is 3.52. The number of halogens is 2. The van der Waals surface area contributed by atoms with Crippen molar-refractivity contribution in [1.82, 2.24) is 9.88 Å². The van der Waals surface area contributed by atoms with Gasteiger partial charge in [-0.1, -0.05) is 34.1 Å². The molecule has 0 aliphatic carbocycles. The van der Waals surface area contributed by atoms with Gasteiger partial charge in [0.2, 0.25) is 0 Å². The molecule has 2 heterocycles. The molecule has 0 spiro atoms. The van der Waals surface area contributed by atoms with Crippen LogP contribution in [-0.2, 0) is 16.1 Å². The number of aliphatic hydroxyl groups excluding tert-OH is 1. The van der Waals surface area contributed by atoms with Crippen LogP contribution in [0.25, 0.3) is 5.76 Å². The van der Waals surface area contributed by atoms with Gasteiger partial charge in [0.15, 0.2) is 0 Å². The van der Waals surface area contributed by atoms with Gasteiger partial charge in [-0.2, -0.15) is 0 Å². The Bertz CT molecular complexity index is 1150. The van der Waals surface area contributed by atoms with Gasteiger partial charge in [0.05, 0.1) is 11.6 Å². The molecule has 1 atom stereocenters. The standard InChI is InChI=1S/C23H16BrFN2O3/c24-17-5-1-4-16(11-17)20-19(21(28)15-6-8-18(25)9-7-15)22(29)23(30)27(20)13-14-3-2-10-26-12-14/h1-12,20,28H,13H2/b21-19-. The minimum Gasteiger partial charge on any atom is -0.507 e. The Kier molecular flexibility index (Phi) is 5.46. The Morgan fingerprint density at radius 3 is 2.53 bits per heavy atom. The summed E-state index contributed by atoms with van der Waals surface area (Å²) in [6, 6.07) is 15.1. The second-order valence-electron chi connectivity index (χ2n) is 6.85. The van der Waals surface area contributed by atoms with Crippen LogP contribution in [0.1, 0.15) is 22.7 Å². The first-order valence-electron chi connectivity index (χ1n) is 9.14. The van der Waals surface area contributed by atoms with E-state index in [0.29, 0.717) is 5.56 Å². The minimum absolute atomic E-state index is 0.0337. The van der Waals surface area contributed by atoms with E-state index in [1.807, 2.05) is 12.1 Å². The van der Waals surface area contributed by atoms with Crippen LogP contribution in [0.4, 0.5) is 4.39 Å². The second kappa shape index (κ2) is 8.20. The molecule has 1 fully saturated rings. The predicted octanol–water partition coefficient (Wildman–Crippen LogP) is 4.61. The van der Waals surface area contributed by atoms with Gasteiger partial charge in [0, 0.05) is 29.0 Å². The van der Waals surface area contributed by atoms with Gasteiger partial charge in [0.1, 0.15) is 11.6 Å². The first kappa shape index (κ1) is 20.0. The van der Waals surface area contributed by atoms with Crippen molar-refractivity contribution in [3.05, 3.63) is 106 Å². The average molecular weight is 467 g/mol. The molecule has 0 radical (unpaired) electrons. The number of hydrogen-bond acceptors (Lipinski definition) is 4. The maximum Gasteiger partial charge on any atom is 0.295 e. The lowest BCUT2D eigenvalue weighted by atomic mass is 9.95. The third-order valence-corrected chi connectivity index (χ3v) is 5.39. The summed E-state index contributed by atoms with van der Waals surface area (Å²) in [4.78, 5) is 31.3. The number of hydrogen-bond donors (Lipinski definition) is 1. The van der Waals surface area contributed by atoms with Gasteiger partial charge >= 0.3 is 0 Å². The van der Waals surface area contributed by atoms with Gasteiger partial charge in [-0.15, -0.1) is 0 Å². The summed E-state index contributed by atoms with van der Waals surface area (Å²) in [7, 11) is 0. The Balaban J connectivity index is 1.87. The number of amides is 1. The Labute approximate surface area is 180 Å². The minimum atomic E-state index is -0.798. The van der Waals surface area contributed by atoms with Gasteiger partial charge < -0.3 is 10.0 Å². The highest BCUT2D eigenvalue weighted by Gasteiger charge is 2.46. The fraction of sp³-hybridized carbons (Fsp3) is 0.0870. The van der Waals surface area contributed by atoms with E-state index in [4.69, 9.17) is 0 Å². The maximum absolute atomic E-state index is 13.3. The molecule has 7 heteroatoms. The normalized spacial score (nSPS) is 18.1. The third-order valence-electron chi connectivity index (χ3n) is 4.90. The second-order valence-corrected chi connectivity index (χ2v) is 7.77. The fourth-order valence-corrected chi connectivity index (χ4v) is 3.93. The summed E-state index contributed by atoms with van der Waals surface area (Å²) < 4.78 is 14.1. The Morgan fingerprint density at radius 1 is 1.10 bits per heavy atom. The summed E-state index contributed by atoms with van der Waals surface area (Å²) >= 11 is 3.42.